The van der Waals surface area contributed by atoms with Gasteiger partial charge in [-0.1, -0.05) is 15.9 Å². The number of aliphatic hydroxyl groups is 1. The number of aliphatic hydroxyl groups excluding tert-OH is 1. The van der Waals surface area contributed by atoms with Crippen molar-refractivity contribution in [3.05, 3.63) is 28.0 Å². The van der Waals surface area contributed by atoms with Gasteiger partial charge in [0.25, 0.3) is 0 Å². The lowest BCUT2D eigenvalue weighted by Gasteiger charge is -2.01. The number of aryl methyl sites for hydroxylation is 1. The predicted molar refractivity (Wildman–Crippen MR) is 42.6 cm³/mol. The molecule has 1 N–H and O–H groups in total. The molecule has 0 radical (unpaired) electrons. The molecule has 54 valence electrons. The van der Waals surface area contributed by atoms with Crippen LogP contribution in [0.25, 0.3) is 0 Å². The van der Waals surface area contributed by atoms with Crippen molar-refractivity contribution in [2.45, 2.75) is 13.5 Å². The smallest absolute Gasteiger partial charge is 0.0710 e. The van der Waals surface area contributed by atoms with E-state index in [1.807, 2.05) is 13.0 Å². The largest absolute Gasteiger partial charge is 0.392 e. The summed E-state index contributed by atoms with van der Waals surface area (Å²) in [5.74, 6) is 0. The molecule has 0 aliphatic rings. The molecule has 0 aliphatic carbocycles. The van der Waals surface area contributed by atoms with E-state index in [9.17, 15) is 0 Å². The number of halogens is 1. The first kappa shape index (κ1) is 7.69. The summed E-state index contributed by atoms with van der Waals surface area (Å²) < 4.78 is 0.919. The van der Waals surface area contributed by atoms with Crippen LogP contribution >= 0.6 is 15.9 Å². The van der Waals surface area contributed by atoms with Crippen LogP contribution < -0.4 is 0 Å². The van der Waals surface area contributed by atoms with Crippen LogP contribution in [-0.2, 0) is 6.61 Å². The molecule has 10 heavy (non-hydrogen) atoms. The van der Waals surface area contributed by atoms with Crippen LogP contribution in [0.2, 0.25) is 0 Å². The van der Waals surface area contributed by atoms with E-state index in [0.717, 1.165) is 15.7 Å². The van der Waals surface area contributed by atoms with Crippen LogP contribution in [0.15, 0.2) is 16.7 Å². The summed E-state index contributed by atoms with van der Waals surface area (Å²) in [5.41, 5.74) is 1.74. The van der Waals surface area contributed by atoms with Gasteiger partial charge in [-0.25, -0.2) is 0 Å². The molecule has 1 aromatic rings. The van der Waals surface area contributed by atoms with Crippen molar-refractivity contribution >= 4 is 15.9 Å². The fourth-order valence-corrected chi connectivity index (χ4v) is 1.29. The summed E-state index contributed by atoms with van der Waals surface area (Å²) in [4.78, 5) is 4.02. The van der Waals surface area contributed by atoms with Gasteiger partial charge in [-0.15, -0.1) is 0 Å². The average molecular weight is 202 g/mol. The summed E-state index contributed by atoms with van der Waals surface area (Å²) in [6.07, 6.45) is 1.71. The second-order valence-electron chi connectivity index (χ2n) is 2.01. The van der Waals surface area contributed by atoms with E-state index in [1.165, 1.54) is 0 Å². The average Bonchev–Trinajstić information content (AvgIpc) is 1.88. The lowest BCUT2D eigenvalue weighted by atomic mass is 10.2. The summed E-state index contributed by atoms with van der Waals surface area (Å²) in [7, 11) is 0. The van der Waals surface area contributed by atoms with Gasteiger partial charge in [0.05, 0.1) is 6.61 Å². The zero-order chi connectivity index (χ0) is 7.56. The maximum Gasteiger partial charge on any atom is 0.0710 e. The highest BCUT2D eigenvalue weighted by atomic mass is 79.9. The van der Waals surface area contributed by atoms with Gasteiger partial charge in [0.2, 0.25) is 0 Å². The number of hydrogen-bond acceptors (Lipinski definition) is 2. The monoisotopic (exact) mass is 201 g/mol. The molecule has 0 aromatic carbocycles. The van der Waals surface area contributed by atoms with Gasteiger partial charge in [0, 0.05) is 21.9 Å². The van der Waals surface area contributed by atoms with Crippen molar-refractivity contribution in [2.24, 2.45) is 0 Å². The quantitative estimate of drug-likeness (QED) is 0.750. The van der Waals surface area contributed by atoms with Crippen LogP contribution in [0.4, 0.5) is 0 Å². The molecule has 0 unspecified atom stereocenters. The normalized spacial score (nSPS) is 9.90. The molecule has 0 saturated carbocycles. The Labute approximate surface area is 68.0 Å². The summed E-state index contributed by atoms with van der Waals surface area (Å²) >= 11 is 3.31. The van der Waals surface area contributed by atoms with Crippen molar-refractivity contribution in [2.75, 3.05) is 0 Å². The Balaban J connectivity index is 3.17. The van der Waals surface area contributed by atoms with Crippen molar-refractivity contribution in [3.63, 3.8) is 0 Å². The van der Waals surface area contributed by atoms with Crippen molar-refractivity contribution < 1.29 is 5.11 Å². The Morgan fingerprint density at radius 2 is 2.40 bits per heavy atom. The van der Waals surface area contributed by atoms with Gasteiger partial charge < -0.3 is 5.11 Å². The van der Waals surface area contributed by atoms with Gasteiger partial charge in [-0.2, -0.15) is 0 Å². The summed E-state index contributed by atoms with van der Waals surface area (Å²) in [5, 5.41) is 8.83. The molecular weight excluding hydrogens is 194 g/mol. The maximum atomic E-state index is 8.83. The van der Waals surface area contributed by atoms with Crippen LogP contribution in [0.5, 0.6) is 0 Å². The molecular formula is C7H8BrNO. The Kier molecular flexibility index (Phi) is 2.40. The lowest BCUT2D eigenvalue weighted by Crippen LogP contribution is -1.92. The Hall–Kier alpha value is -0.410. The van der Waals surface area contributed by atoms with E-state index in [-0.39, 0.29) is 6.61 Å². The molecule has 0 aliphatic heterocycles. The molecule has 0 fully saturated rings. The van der Waals surface area contributed by atoms with Crippen LogP contribution in [0.3, 0.4) is 0 Å². The third-order valence-corrected chi connectivity index (χ3v) is 2.12. The molecule has 2 nitrogen and oxygen atoms in total. The van der Waals surface area contributed by atoms with Crippen molar-refractivity contribution in [3.8, 4) is 0 Å². The van der Waals surface area contributed by atoms with Crippen LogP contribution in [-0.4, -0.2) is 10.1 Å². The molecule has 1 heterocycles. The molecule has 1 aromatic heterocycles. The Morgan fingerprint density at radius 3 is 2.80 bits per heavy atom. The molecule has 0 atom stereocenters. The summed E-state index contributed by atoms with van der Waals surface area (Å²) in [6.45, 7) is 1.91. The molecule has 1 rings (SSSR count). The van der Waals surface area contributed by atoms with E-state index >= 15 is 0 Å². The standard InChI is InChI=1S/C7H8BrNO/c1-5-6(4-10)7(8)2-3-9-5/h2-3,10H,4H2,1H3. The zero-order valence-corrected chi connectivity index (χ0v) is 7.22. The third-order valence-electron chi connectivity index (χ3n) is 1.37. The fourth-order valence-electron chi connectivity index (χ4n) is 0.756. The highest BCUT2D eigenvalue weighted by molar-refractivity contribution is 9.10. The van der Waals surface area contributed by atoms with Crippen LogP contribution in [0.1, 0.15) is 11.3 Å². The first-order valence-electron chi connectivity index (χ1n) is 2.96. The number of nitrogens with zero attached hydrogens (tertiary/aromatic N) is 1. The van der Waals surface area contributed by atoms with E-state index in [2.05, 4.69) is 20.9 Å². The Morgan fingerprint density at radius 1 is 1.70 bits per heavy atom. The molecule has 0 spiro atoms. The minimum Gasteiger partial charge on any atom is -0.392 e. The van der Waals surface area contributed by atoms with Gasteiger partial charge >= 0.3 is 0 Å². The number of rotatable bonds is 1. The summed E-state index contributed by atoms with van der Waals surface area (Å²) in [6, 6.07) is 1.82. The van der Waals surface area contributed by atoms with Crippen LogP contribution in [0, 0.1) is 6.92 Å². The third kappa shape index (κ3) is 1.36. The highest BCUT2D eigenvalue weighted by Gasteiger charge is 2.00. The minimum atomic E-state index is 0.0419. The van der Waals surface area contributed by atoms with E-state index in [0.29, 0.717) is 0 Å². The maximum absolute atomic E-state index is 8.83. The molecule has 3 heteroatoms. The van der Waals surface area contributed by atoms with Crippen molar-refractivity contribution in [1.29, 1.82) is 0 Å². The van der Waals surface area contributed by atoms with Gasteiger partial charge in [0.15, 0.2) is 0 Å². The zero-order valence-electron chi connectivity index (χ0n) is 5.63. The first-order chi connectivity index (χ1) is 4.75. The lowest BCUT2D eigenvalue weighted by molar-refractivity contribution is 0.279. The first-order valence-corrected chi connectivity index (χ1v) is 3.76. The predicted octanol–water partition coefficient (Wildman–Crippen LogP) is 1.64. The van der Waals surface area contributed by atoms with Gasteiger partial charge in [-0.05, 0) is 13.0 Å². The van der Waals surface area contributed by atoms with E-state index in [4.69, 9.17) is 5.11 Å². The number of pyridine rings is 1. The SMILES string of the molecule is Cc1nccc(Br)c1CO. The van der Waals surface area contributed by atoms with E-state index < -0.39 is 0 Å². The number of hydrogen-bond donors (Lipinski definition) is 1. The topological polar surface area (TPSA) is 33.1 Å². The number of aromatic nitrogens is 1. The molecule has 0 bridgehead atoms. The molecule has 0 saturated heterocycles. The fraction of sp³-hybridized carbons (Fsp3) is 0.286. The van der Waals surface area contributed by atoms with Gasteiger partial charge in [0.1, 0.15) is 0 Å². The van der Waals surface area contributed by atoms with E-state index in [1.54, 1.807) is 6.20 Å². The van der Waals surface area contributed by atoms with Crippen molar-refractivity contribution in [1.82, 2.24) is 4.98 Å². The second kappa shape index (κ2) is 3.12. The molecule has 0 amide bonds. The Bertz CT molecular complexity index is 217. The minimum absolute atomic E-state index is 0.0419. The second-order valence-corrected chi connectivity index (χ2v) is 2.87. The highest BCUT2D eigenvalue weighted by Crippen LogP contribution is 2.17. The van der Waals surface area contributed by atoms with Gasteiger partial charge in [-0.3, -0.25) is 4.98 Å².